The first kappa shape index (κ1) is 58.4. The van der Waals surface area contributed by atoms with Gasteiger partial charge in [-0.2, -0.15) is 0 Å². The molecule has 4 rings (SSSR count). The lowest BCUT2D eigenvalue weighted by Gasteiger charge is -2.28. The van der Waals surface area contributed by atoms with Crippen LogP contribution in [-0.2, 0) is 57.6 Å². The number of hydrogen-bond donors (Lipinski definition) is 9. The molecule has 72 heavy (non-hydrogen) atoms. The molecule has 0 aliphatic carbocycles. The first-order valence-electron chi connectivity index (χ1n) is 24.2. The molecule has 1 aliphatic heterocycles. The number of hydrogen-bond acceptors (Lipinski definition) is 13. The third kappa shape index (κ3) is 19.1. The van der Waals surface area contributed by atoms with E-state index in [0.29, 0.717) is 29.5 Å². The van der Waals surface area contributed by atoms with Crippen LogP contribution in [0.15, 0.2) is 78.9 Å². The van der Waals surface area contributed by atoms with Crippen LogP contribution in [0.1, 0.15) is 82.1 Å². The molecule has 1 aliphatic rings. The van der Waals surface area contributed by atoms with E-state index in [1.807, 2.05) is 0 Å². The van der Waals surface area contributed by atoms with E-state index in [1.165, 1.54) is 12.1 Å². The molecule has 1 heterocycles. The van der Waals surface area contributed by atoms with Crippen molar-refractivity contribution in [3.8, 4) is 17.6 Å². The fourth-order valence-electron chi connectivity index (χ4n) is 7.83. The fourth-order valence-corrected chi connectivity index (χ4v) is 10.3. The van der Waals surface area contributed by atoms with Crippen LogP contribution >= 0.6 is 21.6 Å². The minimum Gasteiger partial charge on any atom is -0.508 e. The number of carbonyl (C=O) groups excluding carboxylic acids is 7. The average molecular weight is 1030 g/mol. The van der Waals surface area contributed by atoms with Crippen LogP contribution in [-0.4, -0.2) is 119 Å². The van der Waals surface area contributed by atoms with Gasteiger partial charge in [-0.15, -0.1) is 5.92 Å². The molecule has 0 spiro atoms. The molecule has 10 N–H and O–H groups in total. The number of carbonyl (C=O) groups is 8. The first-order valence-corrected chi connectivity index (χ1v) is 26.7. The van der Waals surface area contributed by atoms with Crippen molar-refractivity contribution in [2.75, 3.05) is 25.1 Å². The van der Waals surface area contributed by atoms with E-state index < -0.39 is 102 Å². The molecule has 0 bridgehead atoms. The number of rotatable bonds is 19. The van der Waals surface area contributed by atoms with Crippen LogP contribution in [0.25, 0.3) is 0 Å². The van der Waals surface area contributed by atoms with Crippen molar-refractivity contribution in [2.45, 2.75) is 115 Å². The van der Waals surface area contributed by atoms with Gasteiger partial charge >= 0.3 is 5.97 Å². The van der Waals surface area contributed by atoms with Gasteiger partial charge in [0.05, 0.1) is 23.9 Å². The lowest BCUT2D eigenvalue weighted by atomic mass is 9.89. The molecular weight excluding hydrogens is 959 g/mol. The highest BCUT2D eigenvalue weighted by Gasteiger charge is 2.36. The van der Waals surface area contributed by atoms with Crippen molar-refractivity contribution in [2.24, 2.45) is 23.5 Å². The van der Waals surface area contributed by atoms with E-state index in [2.05, 4.69) is 43.7 Å². The molecule has 19 heteroatoms. The molecule has 3 aromatic carbocycles. The number of Topliss-reactive ketones (excluding diaryl/α,β-unsaturated/α-hetero) is 2. The Bertz CT molecular complexity index is 2380. The quantitative estimate of drug-likeness (QED) is 0.0474. The maximum absolute atomic E-state index is 14.7. The smallest absolute Gasteiger partial charge is 0.307 e. The minimum absolute atomic E-state index is 0.0103. The number of amides is 5. The molecule has 1 saturated heterocycles. The molecule has 0 radical (unpaired) electrons. The van der Waals surface area contributed by atoms with Gasteiger partial charge in [-0.1, -0.05) is 96.0 Å². The second-order valence-electron chi connectivity index (χ2n) is 18.2. The van der Waals surface area contributed by atoms with Crippen molar-refractivity contribution in [1.82, 2.24) is 31.9 Å². The van der Waals surface area contributed by atoms with Crippen molar-refractivity contribution >= 4 is 68.7 Å². The molecule has 0 aromatic heterocycles. The van der Waals surface area contributed by atoms with Gasteiger partial charge in [-0.25, -0.2) is 0 Å². The topological polar surface area (TPSA) is 275 Å². The van der Waals surface area contributed by atoms with E-state index in [1.54, 1.807) is 101 Å². The second kappa shape index (κ2) is 30.0. The highest BCUT2D eigenvalue weighted by atomic mass is 33.1. The van der Waals surface area contributed by atoms with E-state index in [-0.39, 0.29) is 61.7 Å². The maximum atomic E-state index is 14.7. The molecule has 0 unspecified atom stereocenters. The number of ketones is 2. The zero-order chi connectivity index (χ0) is 52.7. The predicted octanol–water partition coefficient (Wildman–Crippen LogP) is 3.24. The summed E-state index contributed by atoms with van der Waals surface area (Å²) >= 11 is 0. The van der Waals surface area contributed by atoms with Crippen molar-refractivity contribution in [3.63, 3.8) is 0 Å². The number of likely N-dealkylation sites (N-methyl/N-ethyl adjacent to an activating group) is 1. The Hall–Kier alpha value is -6.20. The highest BCUT2D eigenvalue weighted by Crippen LogP contribution is 2.28. The summed E-state index contributed by atoms with van der Waals surface area (Å²) in [5.74, 6) is -2.43. The molecule has 388 valence electrons. The third-order valence-electron chi connectivity index (χ3n) is 12.4. The van der Waals surface area contributed by atoms with E-state index in [0.717, 1.165) is 27.2 Å². The lowest BCUT2D eigenvalue weighted by molar-refractivity contribution is -0.145. The maximum Gasteiger partial charge on any atom is 0.307 e. The largest absolute Gasteiger partial charge is 0.508 e. The summed E-state index contributed by atoms with van der Waals surface area (Å²) in [6.07, 6.45) is 0.148. The minimum atomic E-state index is -1.36. The van der Waals surface area contributed by atoms with Crippen LogP contribution in [0.2, 0.25) is 0 Å². The molecular formula is C53H69N7O10S2. The van der Waals surface area contributed by atoms with Gasteiger partial charge in [-0.3, -0.25) is 38.4 Å². The summed E-state index contributed by atoms with van der Waals surface area (Å²) < 4.78 is 0. The normalized spacial score (nSPS) is 21.6. The Kier molecular flexibility index (Phi) is 24.3. The van der Waals surface area contributed by atoms with Crippen molar-refractivity contribution in [1.29, 1.82) is 0 Å². The summed E-state index contributed by atoms with van der Waals surface area (Å²) in [6.45, 7) is 7.00. The SMILES string of the molecule is CC#Cc1ccc(C[C@@H]2NC(=O)[C@H](Cc3ccccc3)NC(=O)[C@@H](CC(=O)[C@H](C)NC)CSSC[C@@H](C(=O)C[C@H](C(=O)O)C(C)C)NC(=O)[C@H](Cc3ccc(O)cc3)NC(=O)[C@H](CCCCN)NC2=O)cc1. The molecule has 0 saturated carbocycles. The van der Waals surface area contributed by atoms with Crippen LogP contribution < -0.4 is 37.6 Å². The van der Waals surface area contributed by atoms with Gasteiger partial charge in [-0.05, 0) is 93.6 Å². The number of phenolic OH excluding ortho intramolecular Hbond substituents is 1. The summed E-state index contributed by atoms with van der Waals surface area (Å²) in [6, 6.07) is 14.9. The summed E-state index contributed by atoms with van der Waals surface area (Å²) in [5.41, 5.74) is 8.43. The fraction of sp³-hybridized carbons (Fsp3) is 0.472. The number of phenols is 1. The van der Waals surface area contributed by atoms with Crippen molar-refractivity contribution in [3.05, 3.63) is 101 Å². The monoisotopic (exact) mass is 1030 g/mol. The van der Waals surface area contributed by atoms with E-state index in [9.17, 15) is 48.6 Å². The third-order valence-corrected chi connectivity index (χ3v) is 14.9. The molecule has 17 nitrogen and oxygen atoms in total. The Morgan fingerprint density at radius 2 is 1.19 bits per heavy atom. The van der Waals surface area contributed by atoms with Gasteiger partial charge in [0.2, 0.25) is 29.5 Å². The number of nitrogens with two attached hydrogens (primary N) is 1. The Labute approximate surface area is 429 Å². The summed E-state index contributed by atoms with van der Waals surface area (Å²) in [7, 11) is 3.90. The molecule has 3 aromatic rings. The number of aliphatic carboxylic acids is 1. The zero-order valence-electron chi connectivity index (χ0n) is 41.5. The van der Waals surface area contributed by atoms with Gasteiger partial charge < -0.3 is 47.8 Å². The highest BCUT2D eigenvalue weighted by molar-refractivity contribution is 8.76. The first-order chi connectivity index (χ1) is 34.4. The van der Waals surface area contributed by atoms with Crippen LogP contribution in [0.5, 0.6) is 5.75 Å². The summed E-state index contributed by atoms with van der Waals surface area (Å²) in [4.78, 5) is 113. The van der Waals surface area contributed by atoms with Gasteiger partial charge in [0.1, 0.15) is 35.7 Å². The van der Waals surface area contributed by atoms with E-state index >= 15 is 0 Å². The Morgan fingerprint density at radius 3 is 1.72 bits per heavy atom. The number of unbranched alkanes of at least 4 members (excludes halogenated alkanes) is 1. The predicted molar refractivity (Wildman–Crippen MR) is 279 cm³/mol. The van der Waals surface area contributed by atoms with E-state index in [4.69, 9.17) is 5.73 Å². The number of nitrogens with one attached hydrogen (secondary N) is 6. The standard InChI is InChI=1S/C53H69N7O10S2/c1-6-12-34-16-18-36(19-17-34)26-43-50(66)56-41(15-10-11-24-54)49(65)58-44(27-37-20-22-39(61)23-21-37)52(68)60-45(47(63)29-40(32(2)3)53(69)70)31-72-71-30-38(28-46(62)33(4)55-5)48(64)57-42(51(67)59-43)25-35-13-8-7-9-14-35/h7-9,13-14,16-23,32-33,38,40-45,55,61H,10-11,15,24-31,54H2,1-5H3,(H,56,66)(H,57,64)(H,58,65)(H,59,67)(H,60,68)(H,69,70)/t33-,38-,40-,41-,42-,43-,44-,45-/m0/s1. The van der Waals surface area contributed by atoms with Crippen LogP contribution in [0.4, 0.5) is 0 Å². The number of aromatic hydroxyl groups is 1. The average Bonchev–Trinajstić information content (AvgIpc) is 3.35. The van der Waals surface area contributed by atoms with Gasteiger partial charge in [0.15, 0.2) is 5.78 Å². The molecule has 5 amide bonds. The summed E-state index contributed by atoms with van der Waals surface area (Å²) in [5, 5.41) is 37.1. The second-order valence-corrected chi connectivity index (χ2v) is 20.8. The number of benzene rings is 3. The zero-order valence-corrected chi connectivity index (χ0v) is 43.2. The molecule has 8 atom stereocenters. The van der Waals surface area contributed by atoms with Crippen molar-refractivity contribution < 1.29 is 48.6 Å². The lowest BCUT2D eigenvalue weighted by Crippen LogP contribution is -2.60. The number of carboxylic acid groups (broad SMARTS) is 1. The van der Waals surface area contributed by atoms with Gasteiger partial charge in [0, 0.05) is 49.2 Å². The van der Waals surface area contributed by atoms with Gasteiger partial charge in [0.25, 0.3) is 0 Å². The Balaban J connectivity index is 1.86. The van der Waals surface area contributed by atoms with Crippen LogP contribution in [0.3, 0.4) is 0 Å². The Morgan fingerprint density at radius 1 is 0.694 bits per heavy atom. The molecule has 1 fully saturated rings. The number of carboxylic acids is 1. The van der Waals surface area contributed by atoms with Crippen LogP contribution in [0, 0.1) is 29.6 Å².